The first kappa shape index (κ1) is 12.1. The lowest BCUT2D eigenvalue weighted by molar-refractivity contribution is -0.385. The third-order valence-corrected chi connectivity index (χ3v) is 1.81. The molecule has 1 N–H and O–H groups in total. The van der Waals surface area contributed by atoms with E-state index in [1.807, 2.05) is 6.92 Å². The average Bonchev–Trinajstić information content (AvgIpc) is 2.62. The minimum absolute atomic E-state index is 0.280. The van der Waals surface area contributed by atoms with Crippen LogP contribution in [0.15, 0.2) is 6.20 Å². The van der Waals surface area contributed by atoms with E-state index >= 15 is 0 Å². The van der Waals surface area contributed by atoms with Crippen LogP contribution in [-0.2, 0) is 11.3 Å². The number of ether oxygens (including phenoxy) is 1. The highest BCUT2D eigenvalue weighted by molar-refractivity contribution is 5.89. The minimum Gasteiger partial charge on any atom is -0.476 e. The molecular weight excluding hydrogens is 218 g/mol. The van der Waals surface area contributed by atoms with Crippen LogP contribution >= 0.6 is 0 Å². The molecule has 0 spiro atoms. The zero-order chi connectivity index (χ0) is 12.1. The number of rotatable bonds is 6. The van der Waals surface area contributed by atoms with Crippen molar-refractivity contribution < 1.29 is 19.6 Å². The van der Waals surface area contributed by atoms with Crippen LogP contribution in [0.1, 0.15) is 17.4 Å². The number of nitrogens with zero attached hydrogens (tertiary/aromatic N) is 3. The lowest BCUT2D eigenvalue weighted by Gasteiger charge is -1.99. The Kier molecular flexibility index (Phi) is 3.95. The van der Waals surface area contributed by atoms with E-state index in [4.69, 9.17) is 9.84 Å². The first-order chi connectivity index (χ1) is 7.56. The Labute approximate surface area is 90.6 Å². The van der Waals surface area contributed by atoms with E-state index in [0.717, 1.165) is 6.20 Å². The van der Waals surface area contributed by atoms with Gasteiger partial charge in [0, 0.05) is 6.61 Å². The summed E-state index contributed by atoms with van der Waals surface area (Å²) in [6.45, 7) is 2.94. The van der Waals surface area contributed by atoms with Crippen molar-refractivity contribution >= 4 is 11.7 Å². The van der Waals surface area contributed by atoms with Crippen LogP contribution in [-0.4, -0.2) is 39.0 Å². The summed E-state index contributed by atoms with van der Waals surface area (Å²) in [6, 6.07) is 0. The standard InChI is InChI=1S/C8H11N3O5/c1-2-16-4-3-10-5-6(11(14)15)7(9-10)8(12)13/h5H,2-4H2,1H3,(H,12,13). The molecule has 0 amide bonds. The molecule has 8 heteroatoms. The largest absolute Gasteiger partial charge is 0.476 e. The quantitative estimate of drug-likeness (QED) is 0.433. The van der Waals surface area contributed by atoms with Gasteiger partial charge in [-0.25, -0.2) is 4.79 Å². The van der Waals surface area contributed by atoms with Crippen LogP contribution in [0.4, 0.5) is 5.69 Å². The van der Waals surface area contributed by atoms with E-state index in [0.29, 0.717) is 13.2 Å². The molecule has 0 aromatic carbocycles. The van der Waals surface area contributed by atoms with E-state index in [-0.39, 0.29) is 6.54 Å². The summed E-state index contributed by atoms with van der Waals surface area (Å²) in [6.07, 6.45) is 1.09. The molecule has 8 nitrogen and oxygen atoms in total. The molecule has 0 fully saturated rings. The zero-order valence-electron chi connectivity index (χ0n) is 8.62. The molecule has 88 valence electrons. The summed E-state index contributed by atoms with van der Waals surface area (Å²) in [5.41, 5.74) is -1.06. The molecule has 1 rings (SSSR count). The summed E-state index contributed by atoms with van der Waals surface area (Å²) >= 11 is 0. The molecule has 16 heavy (non-hydrogen) atoms. The Morgan fingerprint density at radius 2 is 2.44 bits per heavy atom. The van der Waals surface area contributed by atoms with Crippen molar-refractivity contribution in [3.05, 3.63) is 22.0 Å². The molecule has 0 radical (unpaired) electrons. The van der Waals surface area contributed by atoms with Gasteiger partial charge in [0.25, 0.3) is 0 Å². The first-order valence-electron chi connectivity index (χ1n) is 4.59. The van der Waals surface area contributed by atoms with E-state index in [2.05, 4.69) is 5.10 Å². The predicted molar refractivity (Wildman–Crippen MR) is 52.3 cm³/mol. The number of carboxylic acids is 1. The van der Waals surface area contributed by atoms with Crippen LogP contribution in [0, 0.1) is 10.1 Å². The SMILES string of the molecule is CCOCCn1cc([N+](=O)[O-])c(C(=O)O)n1. The number of aromatic nitrogens is 2. The molecule has 1 aromatic rings. The molecule has 0 aliphatic rings. The van der Waals surface area contributed by atoms with Gasteiger partial charge in [-0.1, -0.05) is 0 Å². The Morgan fingerprint density at radius 3 is 2.88 bits per heavy atom. The molecule has 0 atom stereocenters. The second-order valence-corrected chi connectivity index (χ2v) is 2.89. The smallest absolute Gasteiger partial charge is 0.363 e. The lowest BCUT2D eigenvalue weighted by atomic mass is 10.4. The van der Waals surface area contributed by atoms with Crippen LogP contribution < -0.4 is 0 Å². The Morgan fingerprint density at radius 1 is 1.75 bits per heavy atom. The highest BCUT2D eigenvalue weighted by atomic mass is 16.6. The third-order valence-electron chi connectivity index (χ3n) is 1.81. The van der Waals surface area contributed by atoms with Crippen molar-refractivity contribution in [2.75, 3.05) is 13.2 Å². The molecule has 0 saturated heterocycles. The van der Waals surface area contributed by atoms with Gasteiger partial charge in [0.15, 0.2) is 0 Å². The monoisotopic (exact) mass is 229 g/mol. The van der Waals surface area contributed by atoms with Crippen molar-refractivity contribution in [1.29, 1.82) is 0 Å². The van der Waals surface area contributed by atoms with Crippen molar-refractivity contribution in [1.82, 2.24) is 9.78 Å². The summed E-state index contributed by atoms with van der Waals surface area (Å²) in [7, 11) is 0. The average molecular weight is 229 g/mol. The fourth-order valence-electron chi connectivity index (χ4n) is 1.11. The first-order valence-corrected chi connectivity index (χ1v) is 4.59. The molecule has 0 saturated carbocycles. The van der Waals surface area contributed by atoms with Gasteiger partial charge in [0.05, 0.1) is 18.1 Å². The van der Waals surface area contributed by atoms with Gasteiger partial charge in [-0.3, -0.25) is 14.8 Å². The van der Waals surface area contributed by atoms with Gasteiger partial charge in [-0.05, 0) is 6.92 Å². The highest BCUT2D eigenvalue weighted by Crippen LogP contribution is 2.16. The maximum absolute atomic E-state index is 10.7. The summed E-state index contributed by atoms with van der Waals surface area (Å²) < 4.78 is 6.22. The van der Waals surface area contributed by atoms with Crippen LogP contribution in [0.3, 0.4) is 0 Å². The fourth-order valence-corrected chi connectivity index (χ4v) is 1.11. The van der Waals surface area contributed by atoms with Crippen molar-refractivity contribution in [2.24, 2.45) is 0 Å². The zero-order valence-corrected chi connectivity index (χ0v) is 8.62. The van der Waals surface area contributed by atoms with Gasteiger partial charge in [-0.2, -0.15) is 5.10 Å². The molecule has 0 unspecified atom stereocenters. The number of nitro groups is 1. The van der Waals surface area contributed by atoms with Crippen LogP contribution in [0.2, 0.25) is 0 Å². The molecule has 1 aromatic heterocycles. The Bertz CT molecular complexity index is 369. The maximum Gasteiger partial charge on any atom is 0.363 e. The molecule has 0 aliphatic heterocycles. The molecule has 0 aliphatic carbocycles. The van der Waals surface area contributed by atoms with Gasteiger partial charge in [0.2, 0.25) is 5.69 Å². The lowest BCUT2D eigenvalue weighted by Crippen LogP contribution is -2.08. The fraction of sp³-hybridized carbons (Fsp3) is 0.500. The number of carbonyl (C=O) groups is 1. The highest BCUT2D eigenvalue weighted by Gasteiger charge is 2.24. The van der Waals surface area contributed by atoms with Gasteiger partial charge < -0.3 is 9.84 Å². The second-order valence-electron chi connectivity index (χ2n) is 2.89. The number of aromatic carboxylic acids is 1. The molecular formula is C8H11N3O5. The Hall–Kier alpha value is -1.96. The topological polar surface area (TPSA) is 107 Å². The summed E-state index contributed by atoms with van der Waals surface area (Å²) in [4.78, 5) is 20.4. The summed E-state index contributed by atoms with van der Waals surface area (Å²) in [5.74, 6) is -1.41. The number of hydrogen-bond acceptors (Lipinski definition) is 5. The third kappa shape index (κ3) is 2.76. The van der Waals surface area contributed by atoms with Crippen molar-refractivity contribution in [2.45, 2.75) is 13.5 Å². The van der Waals surface area contributed by atoms with Gasteiger partial charge >= 0.3 is 11.7 Å². The van der Waals surface area contributed by atoms with Gasteiger partial charge in [0.1, 0.15) is 6.20 Å². The second kappa shape index (κ2) is 5.21. The van der Waals surface area contributed by atoms with Crippen molar-refractivity contribution in [3.63, 3.8) is 0 Å². The minimum atomic E-state index is -1.41. The normalized spacial score (nSPS) is 10.3. The van der Waals surface area contributed by atoms with E-state index in [1.165, 1.54) is 4.68 Å². The maximum atomic E-state index is 10.7. The van der Waals surface area contributed by atoms with Gasteiger partial charge in [-0.15, -0.1) is 0 Å². The molecule has 0 bridgehead atoms. The van der Waals surface area contributed by atoms with Crippen LogP contribution in [0.25, 0.3) is 0 Å². The molecule has 1 heterocycles. The van der Waals surface area contributed by atoms with E-state index in [9.17, 15) is 14.9 Å². The van der Waals surface area contributed by atoms with Crippen LogP contribution in [0.5, 0.6) is 0 Å². The number of hydrogen-bond donors (Lipinski definition) is 1. The van der Waals surface area contributed by atoms with E-state index in [1.54, 1.807) is 0 Å². The van der Waals surface area contributed by atoms with Crippen molar-refractivity contribution in [3.8, 4) is 0 Å². The van der Waals surface area contributed by atoms with E-state index < -0.39 is 22.3 Å². The predicted octanol–water partition coefficient (Wildman–Crippen LogP) is 0.526. The number of carboxylic acid groups (broad SMARTS) is 1. The summed E-state index contributed by atoms with van der Waals surface area (Å²) in [5, 5.41) is 22.8. The Balaban J connectivity index is 2.84.